The van der Waals surface area contributed by atoms with Crippen molar-refractivity contribution in [2.75, 3.05) is 18.0 Å². The Morgan fingerprint density at radius 3 is 2.31 bits per heavy atom. The van der Waals surface area contributed by atoms with Gasteiger partial charge in [0.25, 0.3) is 0 Å². The van der Waals surface area contributed by atoms with Crippen molar-refractivity contribution in [2.45, 2.75) is 69.0 Å². The standard InChI is InChI=1S/C21H19F5N4O2S.C4H9O.K/c1-2-29-8-16(30-10-20(23,24)21(25,26)11-30)18-15(29)7-27-19(28-18)33-9-12-3-4-14(22)13(5-12)6-17(31)32;1-4(2,3)5;/h3-5,7-8H,2,6,9-11H2,1H3,(H,31,32);1-3H3;/q;-1;+1. The van der Waals surface area contributed by atoms with Gasteiger partial charge in [0, 0.05) is 18.5 Å². The quantitative estimate of drug-likeness (QED) is 0.192. The van der Waals surface area contributed by atoms with Crippen LogP contribution in [0.3, 0.4) is 0 Å². The van der Waals surface area contributed by atoms with Gasteiger partial charge in [-0.3, -0.25) is 4.79 Å². The molecular formula is C25H28F5KN4O3S. The Bertz CT molecular complexity index is 1290. The Hall–Kier alpha value is -1.29. The van der Waals surface area contributed by atoms with Crippen LogP contribution >= 0.6 is 11.8 Å². The predicted octanol–water partition coefficient (Wildman–Crippen LogP) is 1.75. The number of carbonyl (C=O) groups is 1. The Labute approximate surface area is 269 Å². The number of carboxylic acid groups (broad SMARTS) is 1. The van der Waals surface area contributed by atoms with Crippen molar-refractivity contribution in [1.82, 2.24) is 14.5 Å². The molecule has 0 unspecified atom stereocenters. The molecule has 3 aromatic rings. The first-order chi connectivity index (χ1) is 17.5. The van der Waals surface area contributed by atoms with E-state index in [1.165, 1.54) is 42.4 Å². The van der Waals surface area contributed by atoms with Crippen molar-refractivity contribution >= 4 is 34.5 Å². The molecule has 1 N–H and O–H groups in total. The topological polar surface area (TPSA) is 94.3 Å². The van der Waals surface area contributed by atoms with E-state index in [0.29, 0.717) is 23.4 Å². The number of anilines is 1. The second kappa shape index (κ2) is 13.1. The van der Waals surface area contributed by atoms with Crippen LogP contribution in [0.15, 0.2) is 35.7 Å². The van der Waals surface area contributed by atoms with Gasteiger partial charge in [0.15, 0.2) is 5.16 Å². The molecular weight excluding hydrogens is 570 g/mol. The summed E-state index contributed by atoms with van der Waals surface area (Å²) >= 11 is 1.17. The van der Waals surface area contributed by atoms with Crippen LogP contribution < -0.4 is 61.4 Å². The van der Waals surface area contributed by atoms with E-state index >= 15 is 0 Å². The number of benzene rings is 1. The Morgan fingerprint density at radius 1 is 1.18 bits per heavy atom. The minimum Gasteiger partial charge on any atom is -0.850 e. The largest absolute Gasteiger partial charge is 1.00 e. The number of alkyl halides is 4. The maximum absolute atomic E-state index is 13.8. The maximum Gasteiger partial charge on any atom is 1.00 e. The van der Waals surface area contributed by atoms with Gasteiger partial charge in [-0.2, -0.15) is 17.6 Å². The molecule has 2 aromatic heterocycles. The first-order valence-electron chi connectivity index (χ1n) is 11.7. The van der Waals surface area contributed by atoms with E-state index in [-0.39, 0.29) is 73.3 Å². The Morgan fingerprint density at radius 2 is 1.77 bits per heavy atom. The van der Waals surface area contributed by atoms with Crippen molar-refractivity contribution in [2.24, 2.45) is 0 Å². The van der Waals surface area contributed by atoms with Gasteiger partial charge in [-0.15, -0.1) is 5.60 Å². The van der Waals surface area contributed by atoms with Crippen molar-refractivity contribution < 1.29 is 88.3 Å². The van der Waals surface area contributed by atoms with E-state index in [1.54, 1.807) is 25.3 Å². The summed E-state index contributed by atoms with van der Waals surface area (Å²) in [6, 6.07) is 4.15. The normalized spacial score (nSPS) is 16.0. The molecule has 1 saturated heterocycles. The number of aryl methyl sites for hydroxylation is 1. The number of halogens is 5. The second-order valence-corrected chi connectivity index (χ2v) is 10.8. The summed E-state index contributed by atoms with van der Waals surface area (Å²) in [5, 5.41) is 19.3. The molecule has 0 atom stereocenters. The fourth-order valence-corrected chi connectivity index (χ4v) is 4.46. The van der Waals surface area contributed by atoms with Crippen LogP contribution in [0.2, 0.25) is 0 Å². The molecule has 1 fully saturated rings. The van der Waals surface area contributed by atoms with Crippen LogP contribution in [0.1, 0.15) is 38.8 Å². The molecule has 39 heavy (non-hydrogen) atoms. The number of fused-ring (bicyclic) bond motifs is 1. The summed E-state index contributed by atoms with van der Waals surface area (Å²) in [5.41, 5.74) is 0.939. The fourth-order valence-electron chi connectivity index (χ4n) is 3.70. The summed E-state index contributed by atoms with van der Waals surface area (Å²) in [4.78, 5) is 20.5. The molecule has 1 aliphatic heterocycles. The van der Waals surface area contributed by atoms with Crippen molar-refractivity contribution in [3.8, 4) is 0 Å². The van der Waals surface area contributed by atoms with Crippen molar-refractivity contribution in [3.05, 3.63) is 47.5 Å². The molecule has 0 spiro atoms. The third-order valence-electron chi connectivity index (χ3n) is 5.39. The molecule has 0 aliphatic carbocycles. The van der Waals surface area contributed by atoms with E-state index in [0.717, 1.165) is 4.90 Å². The molecule has 1 aliphatic rings. The number of thioether (sulfide) groups is 1. The van der Waals surface area contributed by atoms with Gasteiger partial charge in [0.05, 0.1) is 36.9 Å². The first kappa shape index (κ1) is 33.9. The average Bonchev–Trinajstić information content (AvgIpc) is 3.25. The molecule has 0 saturated carbocycles. The first-order valence-corrected chi connectivity index (χ1v) is 12.7. The number of nitrogens with zero attached hydrogens (tertiary/aromatic N) is 4. The molecule has 0 amide bonds. The van der Waals surface area contributed by atoms with Crippen LogP contribution in [0.25, 0.3) is 11.0 Å². The zero-order valence-electron chi connectivity index (χ0n) is 22.3. The predicted molar refractivity (Wildman–Crippen MR) is 132 cm³/mol. The van der Waals surface area contributed by atoms with Crippen LogP contribution in [0.5, 0.6) is 0 Å². The number of aromatic nitrogens is 3. The molecule has 0 radical (unpaired) electrons. The second-order valence-electron chi connectivity index (χ2n) is 9.85. The summed E-state index contributed by atoms with van der Waals surface area (Å²) < 4.78 is 70.6. The van der Waals surface area contributed by atoms with E-state index in [2.05, 4.69) is 9.97 Å². The number of hydrogen-bond donors (Lipinski definition) is 1. The zero-order valence-corrected chi connectivity index (χ0v) is 26.2. The number of hydrogen-bond acceptors (Lipinski definition) is 6. The zero-order chi connectivity index (χ0) is 28.5. The van der Waals surface area contributed by atoms with Crippen LogP contribution in [0.4, 0.5) is 27.6 Å². The third kappa shape index (κ3) is 8.84. The molecule has 3 heterocycles. The van der Waals surface area contributed by atoms with Crippen LogP contribution in [-0.4, -0.2) is 56.1 Å². The monoisotopic (exact) mass is 598 g/mol. The molecule has 7 nitrogen and oxygen atoms in total. The van der Waals surface area contributed by atoms with Gasteiger partial charge in [0.1, 0.15) is 11.3 Å². The maximum atomic E-state index is 13.8. The summed E-state index contributed by atoms with van der Waals surface area (Å²) in [5.74, 6) is -9.77. The minimum absolute atomic E-state index is 0. The van der Waals surface area contributed by atoms with Crippen molar-refractivity contribution in [1.29, 1.82) is 0 Å². The van der Waals surface area contributed by atoms with Gasteiger partial charge in [-0.05, 0) is 24.1 Å². The number of aliphatic carboxylic acids is 1. The van der Waals surface area contributed by atoms with Gasteiger partial charge in [0.2, 0.25) is 0 Å². The van der Waals surface area contributed by atoms with E-state index in [9.17, 15) is 31.9 Å². The summed E-state index contributed by atoms with van der Waals surface area (Å²) in [7, 11) is 0. The third-order valence-corrected chi connectivity index (χ3v) is 6.33. The Kier molecular flexibility index (Phi) is 11.4. The number of rotatable bonds is 7. The smallest absolute Gasteiger partial charge is 0.850 e. The molecule has 1 aromatic carbocycles. The molecule has 208 valence electrons. The summed E-state index contributed by atoms with van der Waals surface area (Å²) in [6.45, 7) is 4.96. The molecule has 14 heteroatoms. The fraction of sp³-hybridized carbons (Fsp3) is 0.480. The van der Waals surface area contributed by atoms with Gasteiger partial charge < -0.3 is 19.7 Å². The van der Waals surface area contributed by atoms with Crippen LogP contribution in [0, 0.1) is 5.82 Å². The Balaban J connectivity index is 0.000000816. The van der Waals surface area contributed by atoms with E-state index < -0.39 is 48.7 Å². The average molecular weight is 599 g/mol. The van der Waals surface area contributed by atoms with E-state index in [4.69, 9.17) is 5.11 Å². The minimum atomic E-state index is -4.14. The van der Waals surface area contributed by atoms with Gasteiger partial charge in [-0.25, -0.2) is 14.4 Å². The summed E-state index contributed by atoms with van der Waals surface area (Å²) in [6.07, 6.45) is 2.57. The molecule has 4 rings (SSSR count). The van der Waals surface area contributed by atoms with E-state index in [1.807, 2.05) is 6.92 Å². The molecule has 0 bridgehead atoms. The van der Waals surface area contributed by atoms with Crippen molar-refractivity contribution in [3.63, 3.8) is 0 Å². The SMILES string of the molecule is CC(C)(C)[O-].CCn1cc(N2CC(F)(F)C(F)(F)C2)c2nc(SCc3ccc(F)c(CC(=O)O)c3)ncc21.[K+]. The van der Waals surface area contributed by atoms with Crippen LogP contribution in [-0.2, 0) is 23.5 Å². The number of carboxylic acids is 1. The van der Waals surface area contributed by atoms with Gasteiger partial charge in [-0.1, -0.05) is 44.7 Å². The van der Waals surface area contributed by atoms with Gasteiger partial charge >= 0.3 is 69.2 Å².